The highest BCUT2D eigenvalue weighted by Crippen LogP contribution is 2.02. The Morgan fingerprint density at radius 3 is 2.67 bits per heavy atom. The number of imidazole rings is 1. The normalized spacial score (nSPS) is 10.9. The lowest BCUT2D eigenvalue weighted by Gasteiger charge is -2.17. The molecule has 0 saturated heterocycles. The van der Waals surface area contributed by atoms with Gasteiger partial charge >= 0.3 is 0 Å². The smallest absolute Gasteiger partial charge is 0.185 e. The third-order valence-corrected chi connectivity index (χ3v) is 1.90. The molecule has 1 rings (SSSR count). The molecule has 1 aromatic rings. The molecule has 0 aliphatic carbocycles. The number of nitrogens with zero attached hydrogens (tertiary/aromatic N) is 2. The molecule has 1 heterocycles. The van der Waals surface area contributed by atoms with Crippen molar-refractivity contribution in [2.75, 3.05) is 13.2 Å². The van der Waals surface area contributed by atoms with Crippen molar-refractivity contribution in [3.63, 3.8) is 0 Å². The molecule has 0 N–H and O–H groups in total. The fourth-order valence-corrected chi connectivity index (χ4v) is 1.28. The van der Waals surface area contributed by atoms with Crippen molar-refractivity contribution in [3.05, 3.63) is 18.2 Å². The highest BCUT2D eigenvalue weighted by molar-refractivity contribution is 5.69. The van der Waals surface area contributed by atoms with E-state index in [1.165, 1.54) is 0 Å². The molecule has 5 heteroatoms. The van der Waals surface area contributed by atoms with Crippen molar-refractivity contribution in [1.82, 2.24) is 9.55 Å². The maximum Gasteiger partial charge on any atom is 0.185 e. The Hall–Kier alpha value is -1.20. The molecule has 15 heavy (non-hydrogen) atoms. The fraction of sp³-hybridized carbons (Fsp3) is 0.600. The molecule has 0 fully saturated rings. The van der Waals surface area contributed by atoms with Crippen LogP contribution in [0.5, 0.6) is 0 Å². The van der Waals surface area contributed by atoms with Gasteiger partial charge in [0.1, 0.15) is 0 Å². The Morgan fingerprint density at radius 1 is 1.47 bits per heavy atom. The van der Waals surface area contributed by atoms with Gasteiger partial charge in [-0.3, -0.25) is 4.79 Å². The van der Waals surface area contributed by atoms with Crippen LogP contribution in [0.4, 0.5) is 0 Å². The van der Waals surface area contributed by atoms with Crippen molar-refractivity contribution in [2.24, 2.45) is 0 Å². The lowest BCUT2D eigenvalue weighted by molar-refractivity contribution is -0.143. The van der Waals surface area contributed by atoms with Gasteiger partial charge < -0.3 is 14.0 Å². The van der Waals surface area contributed by atoms with Crippen molar-refractivity contribution in [1.29, 1.82) is 0 Å². The molecular weight excluding hydrogens is 196 g/mol. The average Bonchev–Trinajstić information content (AvgIpc) is 2.66. The fourth-order valence-electron chi connectivity index (χ4n) is 1.28. The Kier molecular flexibility index (Phi) is 5.00. The zero-order valence-electron chi connectivity index (χ0n) is 9.05. The molecule has 1 aromatic heterocycles. The van der Waals surface area contributed by atoms with Crippen molar-refractivity contribution in [2.45, 2.75) is 26.7 Å². The predicted molar refractivity (Wildman–Crippen MR) is 54.7 cm³/mol. The lowest BCUT2D eigenvalue weighted by Crippen LogP contribution is -2.24. The van der Waals surface area contributed by atoms with Crippen LogP contribution in [0.2, 0.25) is 0 Å². The molecule has 5 nitrogen and oxygen atoms in total. The summed E-state index contributed by atoms with van der Waals surface area (Å²) < 4.78 is 12.4. The zero-order chi connectivity index (χ0) is 11.1. The van der Waals surface area contributed by atoms with E-state index in [0.29, 0.717) is 25.6 Å². The third-order valence-electron chi connectivity index (χ3n) is 1.90. The van der Waals surface area contributed by atoms with E-state index in [0.717, 1.165) is 6.29 Å². The molecular formula is C10H16N2O3. The quantitative estimate of drug-likeness (QED) is 0.501. The molecule has 0 amide bonds. The minimum absolute atomic E-state index is 0.326. The summed E-state index contributed by atoms with van der Waals surface area (Å²) in [5.74, 6) is 0.388. The summed E-state index contributed by atoms with van der Waals surface area (Å²) in [6, 6.07) is 0. The number of hydrogen-bond acceptors (Lipinski definition) is 4. The first-order chi connectivity index (χ1) is 7.31. The Morgan fingerprint density at radius 2 is 2.13 bits per heavy atom. The topological polar surface area (TPSA) is 53.4 Å². The van der Waals surface area contributed by atoms with Crippen LogP contribution in [0.3, 0.4) is 0 Å². The number of ether oxygens (including phenoxy) is 2. The van der Waals surface area contributed by atoms with Gasteiger partial charge in [-0.1, -0.05) is 0 Å². The monoisotopic (exact) mass is 212 g/mol. The lowest BCUT2D eigenvalue weighted by atomic mass is 10.5. The van der Waals surface area contributed by atoms with E-state index in [4.69, 9.17) is 9.47 Å². The van der Waals surface area contributed by atoms with Crippen molar-refractivity contribution in [3.8, 4) is 0 Å². The van der Waals surface area contributed by atoms with E-state index in [2.05, 4.69) is 4.98 Å². The van der Waals surface area contributed by atoms with Gasteiger partial charge in [-0.05, 0) is 13.8 Å². The average molecular weight is 212 g/mol. The predicted octanol–water partition coefficient (Wildman–Crippen LogP) is 1.09. The molecule has 0 aliphatic rings. The number of rotatable bonds is 7. The number of aromatic nitrogens is 2. The van der Waals surface area contributed by atoms with Crippen LogP contribution in [0.25, 0.3) is 0 Å². The van der Waals surface area contributed by atoms with Crippen LogP contribution in [-0.2, 0) is 16.0 Å². The SMILES string of the molecule is CCOC(Cn1ccnc1C=O)OCC. The Balaban J connectivity index is 2.60. The van der Waals surface area contributed by atoms with Gasteiger partial charge in [0.25, 0.3) is 0 Å². The molecule has 0 aromatic carbocycles. The summed E-state index contributed by atoms with van der Waals surface area (Å²) in [6.07, 6.45) is 3.70. The second-order valence-electron chi connectivity index (χ2n) is 2.90. The van der Waals surface area contributed by atoms with E-state index in [-0.39, 0.29) is 6.29 Å². The summed E-state index contributed by atoms with van der Waals surface area (Å²) in [4.78, 5) is 14.5. The van der Waals surface area contributed by atoms with Gasteiger partial charge in [0, 0.05) is 25.6 Å². The Labute approximate surface area is 89.0 Å². The molecule has 0 radical (unpaired) electrons. The van der Waals surface area contributed by atoms with Crippen LogP contribution in [0.15, 0.2) is 12.4 Å². The van der Waals surface area contributed by atoms with Crippen LogP contribution >= 0.6 is 0 Å². The van der Waals surface area contributed by atoms with Gasteiger partial charge in [-0.25, -0.2) is 4.98 Å². The minimum atomic E-state index is -0.326. The first kappa shape index (κ1) is 11.9. The molecule has 84 valence electrons. The molecule has 0 spiro atoms. The maximum absolute atomic E-state index is 10.6. The van der Waals surface area contributed by atoms with Gasteiger partial charge in [-0.15, -0.1) is 0 Å². The second kappa shape index (κ2) is 6.31. The molecule has 0 saturated carbocycles. The molecule has 0 unspecified atom stereocenters. The van der Waals surface area contributed by atoms with E-state index >= 15 is 0 Å². The zero-order valence-corrected chi connectivity index (χ0v) is 9.05. The minimum Gasteiger partial charge on any atom is -0.351 e. The van der Waals surface area contributed by atoms with Gasteiger partial charge in [-0.2, -0.15) is 0 Å². The number of aldehydes is 1. The van der Waals surface area contributed by atoms with Crippen LogP contribution in [0.1, 0.15) is 24.5 Å². The van der Waals surface area contributed by atoms with Crippen LogP contribution in [0, 0.1) is 0 Å². The molecule has 0 aliphatic heterocycles. The second-order valence-corrected chi connectivity index (χ2v) is 2.90. The third kappa shape index (κ3) is 3.45. The van der Waals surface area contributed by atoms with Crippen molar-refractivity contribution < 1.29 is 14.3 Å². The van der Waals surface area contributed by atoms with Gasteiger partial charge in [0.15, 0.2) is 18.4 Å². The largest absolute Gasteiger partial charge is 0.351 e. The summed E-state index contributed by atoms with van der Waals surface area (Å²) in [5.41, 5.74) is 0. The summed E-state index contributed by atoms with van der Waals surface area (Å²) >= 11 is 0. The standard InChI is InChI=1S/C10H16N2O3/c1-3-14-10(15-4-2)7-12-6-5-11-9(12)8-13/h5-6,8,10H,3-4,7H2,1-2H3. The van der Waals surface area contributed by atoms with E-state index < -0.39 is 0 Å². The summed E-state index contributed by atoms with van der Waals surface area (Å²) in [5, 5.41) is 0. The number of hydrogen-bond donors (Lipinski definition) is 0. The summed E-state index contributed by atoms with van der Waals surface area (Å²) in [7, 11) is 0. The summed E-state index contributed by atoms with van der Waals surface area (Å²) in [6.45, 7) is 5.45. The highest BCUT2D eigenvalue weighted by Gasteiger charge is 2.10. The molecule has 0 bridgehead atoms. The van der Waals surface area contributed by atoms with Gasteiger partial charge in [0.2, 0.25) is 0 Å². The van der Waals surface area contributed by atoms with Crippen LogP contribution in [-0.4, -0.2) is 35.3 Å². The first-order valence-corrected chi connectivity index (χ1v) is 5.01. The van der Waals surface area contributed by atoms with E-state index in [9.17, 15) is 4.79 Å². The number of carbonyl (C=O) groups excluding carboxylic acids is 1. The number of carbonyl (C=O) groups is 1. The van der Waals surface area contributed by atoms with E-state index in [1.54, 1.807) is 17.0 Å². The van der Waals surface area contributed by atoms with E-state index in [1.807, 2.05) is 13.8 Å². The highest BCUT2D eigenvalue weighted by atomic mass is 16.7. The van der Waals surface area contributed by atoms with Crippen molar-refractivity contribution >= 4 is 6.29 Å². The maximum atomic E-state index is 10.6. The first-order valence-electron chi connectivity index (χ1n) is 5.01. The Bertz CT molecular complexity index is 293. The molecule has 0 atom stereocenters. The van der Waals surface area contributed by atoms with Gasteiger partial charge in [0.05, 0.1) is 6.54 Å². The van der Waals surface area contributed by atoms with Crippen LogP contribution < -0.4 is 0 Å².